The molecule has 2 aromatic rings. The Morgan fingerprint density at radius 1 is 1.07 bits per heavy atom. The van der Waals surface area contributed by atoms with E-state index in [1.807, 2.05) is 12.1 Å². The first kappa shape index (κ1) is 19.8. The molecule has 1 saturated heterocycles. The van der Waals surface area contributed by atoms with E-state index in [2.05, 4.69) is 33.3 Å². The number of halogens is 1. The molecule has 0 aromatic heterocycles. The van der Waals surface area contributed by atoms with Gasteiger partial charge in [0.25, 0.3) is 5.91 Å². The van der Waals surface area contributed by atoms with Crippen molar-refractivity contribution in [3.8, 4) is 0 Å². The second-order valence-corrected chi connectivity index (χ2v) is 7.08. The molecule has 3 amide bonds. The van der Waals surface area contributed by atoms with Gasteiger partial charge in [0.1, 0.15) is 0 Å². The van der Waals surface area contributed by atoms with Crippen LogP contribution in [0.3, 0.4) is 0 Å². The number of para-hydroxylation sites is 1. The normalized spacial score (nSPS) is 13.7. The van der Waals surface area contributed by atoms with Crippen molar-refractivity contribution in [2.75, 3.05) is 16.9 Å². The third-order valence-corrected chi connectivity index (χ3v) is 4.84. The maximum Gasteiger partial charge on any atom is 0.338 e. The van der Waals surface area contributed by atoms with E-state index in [-0.39, 0.29) is 30.2 Å². The zero-order chi connectivity index (χ0) is 20.1. The number of carbonyl (C=O) groups is 4. The number of hydrogen-bond acceptors (Lipinski definition) is 5. The molecule has 0 radical (unpaired) electrons. The van der Waals surface area contributed by atoms with Crippen LogP contribution in [0.15, 0.2) is 48.5 Å². The molecule has 1 fully saturated rings. The van der Waals surface area contributed by atoms with E-state index in [0.29, 0.717) is 11.4 Å². The summed E-state index contributed by atoms with van der Waals surface area (Å²) >= 11 is 2.09. The van der Waals surface area contributed by atoms with Gasteiger partial charge in [0.05, 0.1) is 16.9 Å². The fraction of sp³-hybridized carbons (Fsp3) is 0.158. The summed E-state index contributed by atoms with van der Waals surface area (Å²) in [6.45, 7) is -0.424. The molecule has 9 heteroatoms. The van der Waals surface area contributed by atoms with Crippen molar-refractivity contribution < 1.29 is 23.9 Å². The lowest BCUT2D eigenvalue weighted by Gasteiger charge is -2.27. The van der Waals surface area contributed by atoms with Crippen molar-refractivity contribution in [3.63, 3.8) is 0 Å². The second-order valence-electron chi connectivity index (χ2n) is 5.92. The molecule has 2 N–H and O–H groups in total. The van der Waals surface area contributed by atoms with Gasteiger partial charge >= 0.3 is 5.97 Å². The van der Waals surface area contributed by atoms with E-state index >= 15 is 0 Å². The Morgan fingerprint density at radius 2 is 1.79 bits per heavy atom. The van der Waals surface area contributed by atoms with E-state index in [1.165, 1.54) is 24.3 Å². The topological polar surface area (TPSA) is 105 Å². The standard InChI is InChI=1S/C19H16IN3O5/c20-14-3-1-2-4-15(14)21-17(25)11-28-19(27)12-5-7-13(8-6-12)23-18(26)10-9-16(24)22-23/h1-8H,9-11H2,(H,21,25)(H,22,24). The molecule has 1 heterocycles. The highest BCUT2D eigenvalue weighted by Crippen LogP contribution is 2.19. The number of esters is 1. The summed E-state index contributed by atoms with van der Waals surface area (Å²) in [4.78, 5) is 47.4. The van der Waals surface area contributed by atoms with Crippen LogP contribution in [-0.4, -0.2) is 30.3 Å². The van der Waals surface area contributed by atoms with E-state index in [1.54, 1.807) is 12.1 Å². The van der Waals surface area contributed by atoms with E-state index in [4.69, 9.17) is 4.74 Å². The van der Waals surface area contributed by atoms with Gasteiger partial charge < -0.3 is 10.1 Å². The Hall–Kier alpha value is -2.95. The lowest BCUT2D eigenvalue weighted by atomic mass is 10.2. The predicted octanol–water partition coefficient (Wildman–Crippen LogP) is 2.24. The third-order valence-electron chi connectivity index (χ3n) is 3.90. The molecule has 0 bridgehead atoms. The fourth-order valence-corrected chi connectivity index (χ4v) is 3.02. The van der Waals surface area contributed by atoms with Crippen LogP contribution in [0.1, 0.15) is 23.2 Å². The molecular weight excluding hydrogens is 477 g/mol. The van der Waals surface area contributed by atoms with Crippen LogP contribution in [0.5, 0.6) is 0 Å². The summed E-state index contributed by atoms with van der Waals surface area (Å²) in [7, 11) is 0. The molecule has 144 valence electrons. The van der Waals surface area contributed by atoms with Crippen molar-refractivity contribution in [3.05, 3.63) is 57.7 Å². The Morgan fingerprint density at radius 3 is 2.50 bits per heavy atom. The highest BCUT2D eigenvalue weighted by molar-refractivity contribution is 14.1. The maximum absolute atomic E-state index is 12.1. The van der Waals surface area contributed by atoms with Crippen LogP contribution < -0.4 is 15.8 Å². The summed E-state index contributed by atoms with van der Waals surface area (Å²) < 4.78 is 5.89. The Bertz CT molecular complexity index is 929. The Balaban J connectivity index is 1.56. The number of nitrogens with zero attached hydrogens (tertiary/aromatic N) is 1. The summed E-state index contributed by atoms with van der Waals surface area (Å²) in [5.74, 6) is -1.60. The fourth-order valence-electron chi connectivity index (χ4n) is 2.49. The van der Waals surface area contributed by atoms with Crippen molar-refractivity contribution in [2.45, 2.75) is 12.8 Å². The van der Waals surface area contributed by atoms with Crippen molar-refractivity contribution in [1.29, 1.82) is 0 Å². The smallest absolute Gasteiger partial charge is 0.338 e. The first-order chi connectivity index (χ1) is 13.4. The average molecular weight is 493 g/mol. The lowest BCUT2D eigenvalue weighted by Crippen LogP contribution is -2.50. The summed E-state index contributed by atoms with van der Waals surface area (Å²) in [5, 5.41) is 3.82. The zero-order valence-electron chi connectivity index (χ0n) is 14.6. The molecular formula is C19H16IN3O5. The Labute approximate surface area is 174 Å². The largest absolute Gasteiger partial charge is 0.452 e. The number of ether oxygens (including phenoxy) is 1. The van der Waals surface area contributed by atoms with Gasteiger partial charge in [-0.15, -0.1) is 0 Å². The van der Waals surface area contributed by atoms with Crippen molar-refractivity contribution in [2.24, 2.45) is 0 Å². The number of carbonyl (C=O) groups excluding carboxylic acids is 4. The molecule has 0 unspecified atom stereocenters. The van der Waals surface area contributed by atoms with Crippen molar-refractivity contribution >= 4 is 57.7 Å². The van der Waals surface area contributed by atoms with Crippen molar-refractivity contribution in [1.82, 2.24) is 5.43 Å². The van der Waals surface area contributed by atoms with Crippen LogP contribution in [0, 0.1) is 3.57 Å². The van der Waals surface area contributed by atoms with Gasteiger partial charge in [-0.2, -0.15) is 0 Å². The van der Waals surface area contributed by atoms with Gasteiger partial charge in [0.2, 0.25) is 11.8 Å². The lowest BCUT2D eigenvalue weighted by molar-refractivity contribution is -0.130. The predicted molar refractivity (Wildman–Crippen MR) is 109 cm³/mol. The van der Waals surface area contributed by atoms with Gasteiger partial charge in [0, 0.05) is 16.4 Å². The van der Waals surface area contributed by atoms with Gasteiger partial charge in [-0.1, -0.05) is 12.1 Å². The van der Waals surface area contributed by atoms with E-state index in [9.17, 15) is 19.2 Å². The van der Waals surface area contributed by atoms with Gasteiger partial charge in [-0.3, -0.25) is 19.8 Å². The highest BCUT2D eigenvalue weighted by atomic mass is 127. The minimum absolute atomic E-state index is 0.130. The van der Waals surface area contributed by atoms with E-state index < -0.39 is 18.5 Å². The number of hydrazine groups is 1. The molecule has 0 aliphatic carbocycles. The number of rotatable bonds is 5. The summed E-state index contributed by atoms with van der Waals surface area (Å²) in [6.07, 6.45) is 0.287. The molecule has 0 spiro atoms. The van der Waals surface area contributed by atoms with E-state index in [0.717, 1.165) is 8.58 Å². The van der Waals surface area contributed by atoms with Crippen LogP contribution in [0.4, 0.5) is 11.4 Å². The average Bonchev–Trinajstić information content (AvgIpc) is 2.70. The molecule has 8 nitrogen and oxygen atoms in total. The third kappa shape index (κ3) is 4.85. The monoisotopic (exact) mass is 493 g/mol. The molecule has 28 heavy (non-hydrogen) atoms. The van der Waals surface area contributed by atoms with Crippen LogP contribution in [0.2, 0.25) is 0 Å². The first-order valence-electron chi connectivity index (χ1n) is 8.38. The molecule has 0 saturated carbocycles. The minimum atomic E-state index is -0.668. The quantitative estimate of drug-likeness (QED) is 0.491. The zero-order valence-corrected chi connectivity index (χ0v) is 16.8. The van der Waals surface area contributed by atoms with Crippen LogP contribution >= 0.6 is 22.6 Å². The first-order valence-corrected chi connectivity index (χ1v) is 9.46. The summed E-state index contributed by atoms with van der Waals surface area (Å²) in [6, 6.07) is 13.2. The van der Waals surface area contributed by atoms with Crippen LogP contribution in [0.25, 0.3) is 0 Å². The highest BCUT2D eigenvalue weighted by Gasteiger charge is 2.24. The van der Waals surface area contributed by atoms with Gasteiger partial charge in [-0.25, -0.2) is 9.80 Å². The minimum Gasteiger partial charge on any atom is -0.452 e. The van der Waals surface area contributed by atoms with Gasteiger partial charge in [0.15, 0.2) is 6.61 Å². The maximum atomic E-state index is 12.1. The molecule has 3 rings (SSSR count). The number of amides is 3. The number of anilines is 2. The number of hydrogen-bond donors (Lipinski definition) is 2. The number of nitrogens with one attached hydrogen (secondary N) is 2. The molecule has 0 atom stereocenters. The second kappa shape index (κ2) is 8.83. The van der Waals surface area contributed by atoms with Crippen LogP contribution in [-0.2, 0) is 19.1 Å². The van der Waals surface area contributed by atoms with Gasteiger partial charge in [-0.05, 0) is 59.0 Å². The number of benzene rings is 2. The SMILES string of the molecule is O=C(COC(=O)c1ccc(N2NC(=O)CCC2=O)cc1)Nc1ccccc1I. The summed E-state index contributed by atoms with van der Waals surface area (Å²) in [5.41, 5.74) is 3.77. The Kier molecular flexibility index (Phi) is 6.24. The molecule has 1 aliphatic rings. The molecule has 2 aromatic carbocycles. The molecule has 1 aliphatic heterocycles.